The molecule has 0 spiro atoms. The average Bonchev–Trinajstić information content (AvgIpc) is 2.27. The van der Waals surface area contributed by atoms with E-state index in [9.17, 15) is 18.0 Å². The van der Waals surface area contributed by atoms with Gasteiger partial charge in [0.05, 0.1) is 0 Å². The van der Waals surface area contributed by atoms with Gasteiger partial charge in [-0.1, -0.05) is 33.6 Å². The number of hydrogen-bond donors (Lipinski definition) is 0. The maximum absolute atomic E-state index is 12.0. The number of hydrogen-bond acceptors (Lipinski definition) is 2. The van der Waals surface area contributed by atoms with Crippen molar-refractivity contribution in [3.05, 3.63) is 0 Å². The highest BCUT2D eigenvalue weighted by Gasteiger charge is 2.42. The first-order valence-corrected chi connectivity index (χ1v) is 6.12. The van der Waals surface area contributed by atoms with Crippen LogP contribution in [-0.4, -0.2) is 18.2 Å². The lowest BCUT2D eigenvalue weighted by atomic mass is 9.95. The second-order valence-corrected chi connectivity index (χ2v) is 4.19. The summed E-state index contributed by atoms with van der Waals surface area (Å²) in [6.45, 7) is 5.83. The van der Waals surface area contributed by atoms with Crippen LogP contribution >= 0.6 is 0 Å². The van der Waals surface area contributed by atoms with Gasteiger partial charge in [0.25, 0.3) is 0 Å². The summed E-state index contributed by atoms with van der Waals surface area (Å²) in [7, 11) is 0. The van der Waals surface area contributed by atoms with Crippen LogP contribution in [0.5, 0.6) is 0 Å². The Labute approximate surface area is 101 Å². The molecule has 2 nitrogen and oxygen atoms in total. The molecule has 0 radical (unpaired) electrons. The van der Waals surface area contributed by atoms with Crippen molar-refractivity contribution in [2.24, 2.45) is 5.92 Å². The largest absolute Gasteiger partial charge is 0.490 e. The second-order valence-electron chi connectivity index (χ2n) is 4.19. The average molecular weight is 254 g/mol. The third kappa shape index (κ3) is 6.54. The van der Waals surface area contributed by atoms with Gasteiger partial charge < -0.3 is 4.74 Å². The summed E-state index contributed by atoms with van der Waals surface area (Å²) in [5.41, 5.74) is 0. The van der Waals surface area contributed by atoms with E-state index in [1.165, 1.54) is 0 Å². The molecular formula is C12H21F3O2. The Morgan fingerprint density at radius 2 is 1.59 bits per heavy atom. The molecule has 1 atom stereocenters. The van der Waals surface area contributed by atoms with Gasteiger partial charge in [-0.3, -0.25) is 0 Å². The molecular weight excluding hydrogens is 233 g/mol. The number of rotatable bonds is 7. The number of ether oxygens (including phenoxy) is 1. The highest BCUT2D eigenvalue weighted by Crippen LogP contribution is 2.22. The van der Waals surface area contributed by atoms with E-state index in [2.05, 4.69) is 18.6 Å². The van der Waals surface area contributed by atoms with Crippen molar-refractivity contribution in [1.82, 2.24) is 0 Å². The molecule has 102 valence electrons. The molecule has 0 aromatic carbocycles. The van der Waals surface area contributed by atoms with Gasteiger partial charge in [-0.25, -0.2) is 4.79 Å². The second kappa shape index (κ2) is 7.56. The van der Waals surface area contributed by atoms with Crippen LogP contribution in [0.4, 0.5) is 13.2 Å². The van der Waals surface area contributed by atoms with Gasteiger partial charge in [-0.2, -0.15) is 13.2 Å². The van der Waals surface area contributed by atoms with Crippen molar-refractivity contribution in [3.8, 4) is 0 Å². The Hall–Kier alpha value is -0.740. The van der Waals surface area contributed by atoms with E-state index < -0.39 is 18.2 Å². The first-order chi connectivity index (χ1) is 7.85. The molecule has 0 fully saturated rings. The molecule has 5 heteroatoms. The van der Waals surface area contributed by atoms with Crippen LogP contribution in [0.3, 0.4) is 0 Å². The van der Waals surface area contributed by atoms with Gasteiger partial charge in [-0.05, 0) is 25.2 Å². The summed E-state index contributed by atoms with van der Waals surface area (Å²) in [5.74, 6) is -1.58. The first kappa shape index (κ1) is 16.3. The smallest absolute Gasteiger partial charge is 0.456 e. The SMILES string of the molecule is CCC(CC)CCC(CC)OC(=O)C(F)(F)F. The van der Waals surface area contributed by atoms with E-state index >= 15 is 0 Å². The predicted molar refractivity (Wildman–Crippen MR) is 59.5 cm³/mol. The molecule has 0 aliphatic heterocycles. The molecule has 17 heavy (non-hydrogen) atoms. The van der Waals surface area contributed by atoms with Crippen LogP contribution in [0.1, 0.15) is 52.9 Å². The number of carbonyl (C=O) groups excluding carboxylic acids is 1. The molecule has 0 bridgehead atoms. The zero-order chi connectivity index (χ0) is 13.5. The maximum atomic E-state index is 12.0. The van der Waals surface area contributed by atoms with Crippen molar-refractivity contribution >= 4 is 5.97 Å². The highest BCUT2D eigenvalue weighted by atomic mass is 19.4. The zero-order valence-electron chi connectivity index (χ0n) is 10.6. The van der Waals surface area contributed by atoms with E-state index in [0.29, 0.717) is 18.8 Å². The van der Waals surface area contributed by atoms with Gasteiger partial charge >= 0.3 is 12.1 Å². The van der Waals surface area contributed by atoms with Crippen LogP contribution < -0.4 is 0 Å². The fraction of sp³-hybridized carbons (Fsp3) is 0.917. The summed E-state index contributed by atoms with van der Waals surface area (Å²) in [4.78, 5) is 10.7. The molecule has 1 unspecified atom stereocenters. The van der Waals surface area contributed by atoms with Crippen LogP contribution in [0, 0.1) is 5.92 Å². The molecule has 0 amide bonds. The third-order valence-corrected chi connectivity index (χ3v) is 3.01. The molecule has 0 aliphatic rings. The van der Waals surface area contributed by atoms with Crippen LogP contribution in [0.25, 0.3) is 0 Å². The Morgan fingerprint density at radius 1 is 1.06 bits per heavy atom. The topological polar surface area (TPSA) is 26.3 Å². The molecule has 0 saturated heterocycles. The van der Waals surface area contributed by atoms with E-state index in [0.717, 1.165) is 19.3 Å². The Morgan fingerprint density at radius 3 is 1.94 bits per heavy atom. The molecule has 0 saturated carbocycles. The standard InChI is InChI=1S/C12H21F3O2/c1-4-9(5-2)7-8-10(6-3)17-11(16)12(13,14)15/h9-10H,4-8H2,1-3H3. The van der Waals surface area contributed by atoms with Gasteiger partial charge in [0.2, 0.25) is 0 Å². The first-order valence-electron chi connectivity index (χ1n) is 6.12. The lowest BCUT2D eigenvalue weighted by molar-refractivity contribution is -0.205. The summed E-state index contributed by atoms with van der Waals surface area (Å²) in [6, 6.07) is 0. The minimum absolute atomic E-state index is 0.419. The maximum Gasteiger partial charge on any atom is 0.490 e. The molecule has 0 rings (SSSR count). The monoisotopic (exact) mass is 254 g/mol. The van der Waals surface area contributed by atoms with Crippen LogP contribution in [0.2, 0.25) is 0 Å². The Kier molecular flexibility index (Phi) is 7.23. The van der Waals surface area contributed by atoms with Crippen molar-refractivity contribution in [2.45, 2.75) is 65.2 Å². The Balaban J connectivity index is 4.13. The normalized spacial score (nSPS) is 13.8. The molecule has 0 heterocycles. The zero-order valence-corrected chi connectivity index (χ0v) is 10.6. The molecule has 0 aromatic rings. The highest BCUT2D eigenvalue weighted by molar-refractivity contribution is 5.75. The van der Waals surface area contributed by atoms with Gasteiger partial charge in [0.15, 0.2) is 0 Å². The van der Waals surface area contributed by atoms with Gasteiger partial charge in [0.1, 0.15) is 6.10 Å². The number of halogens is 3. The van der Waals surface area contributed by atoms with E-state index in [4.69, 9.17) is 0 Å². The van der Waals surface area contributed by atoms with Crippen LogP contribution in [-0.2, 0) is 9.53 Å². The van der Waals surface area contributed by atoms with E-state index in [-0.39, 0.29) is 0 Å². The quantitative estimate of drug-likeness (QED) is 0.640. The van der Waals surface area contributed by atoms with Crippen molar-refractivity contribution in [2.75, 3.05) is 0 Å². The molecule has 0 aromatic heterocycles. The molecule has 0 aliphatic carbocycles. The fourth-order valence-corrected chi connectivity index (χ4v) is 1.68. The molecule has 0 N–H and O–H groups in total. The lowest BCUT2D eigenvalue weighted by Gasteiger charge is -2.19. The lowest BCUT2D eigenvalue weighted by Crippen LogP contribution is -2.30. The Bertz CT molecular complexity index is 222. The fourth-order valence-electron chi connectivity index (χ4n) is 1.68. The summed E-state index contributed by atoms with van der Waals surface area (Å²) < 4.78 is 40.4. The van der Waals surface area contributed by atoms with Crippen molar-refractivity contribution in [1.29, 1.82) is 0 Å². The van der Waals surface area contributed by atoms with Crippen molar-refractivity contribution in [3.63, 3.8) is 0 Å². The third-order valence-electron chi connectivity index (χ3n) is 3.01. The minimum atomic E-state index is -4.89. The predicted octanol–water partition coefficient (Wildman–Crippen LogP) is 4.09. The van der Waals surface area contributed by atoms with Gasteiger partial charge in [0, 0.05) is 0 Å². The van der Waals surface area contributed by atoms with E-state index in [1.54, 1.807) is 6.92 Å². The number of carbonyl (C=O) groups is 1. The van der Waals surface area contributed by atoms with E-state index in [1.807, 2.05) is 0 Å². The summed E-state index contributed by atoms with van der Waals surface area (Å²) in [6.07, 6.45) is -1.78. The summed E-state index contributed by atoms with van der Waals surface area (Å²) >= 11 is 0. The number of alkyl halides is 3. The van der Waals surface area contributed by atoms with Crippen LogP contribution in [0.15, 0.2) is 0 Å². The minimum Gasteiger partial charge on any atom is -0.456 e. The number of esters is 1. The summed E-state index contributed by atoms with van der Waals surface area (Å²) in [5, 5.41) is 0. The van der Waals surface area contributed by atoms with Crippen molar-refractivity contribution < 1.29 is 22.7 Å². The van der Waals surface area contributed by atoms with Gasteiger partial charge in [-0.15, -0.1) is 0 Å².